The van der Waals surface area contributed by atoms with Gasteiger partial charge < -0.3 is 9.47 Å². The number of halogens is 2. The second-order valence-corrected chi connectivity index (χ2v) is 4.98. The summed E-state index contributed by atoms with van der Waals surface area (Å²) in [5.74, 6) is -4.34. The molecule has 0 aromatic heterocycles. The molecule has 0 spiro atoms. The Morgan fingerprint density at radius 2 is 1.65 bits per heavy atom. The number of benzene rings is 1. The van der Waals surface area contributed by atoms with Gasteiger partial charge in [0.1, 0.15) is 0 Å². The van der Waals surface area contributed by atoms with Gasteiger partial charge in [0, 0.05) is 4.90 Å². The standard InChI is InChI=1S/C14H16F2N2O4S/c1-3-21-12(19)11(13(20)22-4-2)18-17-9-5-7-10(8-6-9)23-14(15)16/h5-8,14,17H,3-4H2,1-2H3. The Bertz CT molecular complexity index is 544. The largest absolute Gasteiger partial charge is 0.461 e. The Labute approximate surface area is 136 Å². The lowest BCUT2D eigenvalue weighted by Crippen LogP contribution is -2.29. The molecule has 0 saturated heterocycles. The Kier molecular flexibility index (Phi) is 8.03. The van der Waals surface area contributed by atoms with Crippen LogP contribution >= 0.6 is 11.8 Å². The van der Waals surface area contributed by atoms with Crippen molar-refractivity contribution in [3.05, 3.63) is 24.3 Å². The van der Waals surface area contributed by atoms with Gasteiger partial charge in [0.15, 0.2) is 0 Å². The van der Waals surface area contributed by atoms with Gasteiger partial charge in [-0.2, -0.15) is 13.9 Å². The highest BCUT2D eigenvalue weighted by Crippen LogP contribution is 2.26. The molecule has 9 heteroatoms. The normalized spacial score (nSPS) is 10.1. The van der Waals surface area contributed by atoms with E-state index >= 15 is 0 Å². The predicted octanol–water partition coefficient (Wildman–Crippen LogP) is 2.90. The van der Waals surface area contributed by atoms with Gasteiger partial charge in [0.25, 0.3) is 11.5 Å². The maximum absolute atomic E-state index is 12.2. The van der Waals surface area contributed by atoms with Gasteiger partial charge in [-0.1, -0.05) is 11.8 Å². The van der Waals surface area contributed by atoms with Gasteiger partial charge in [-0.25, -0.2) is 9.59 Å². The fraction of sp³-hybridized carbons (Fsp3) is 0.357. The lowest BCUT2D eigenvalue weighted by molar-refractivity contribution is -0.140. The van der Waals surface area contributed by atoms with Gasteiger partial charge >= 0.3 is 11.9 Å². The summed E-state index contributed by atoms with van der Waals surface area (Å²) in [5.41, 5.74) is 2.38. The average Bonchev–Trinajstić information content (AvgIpc) is 2.49. The molecule has 0 aliphatic rings. The van der Waals surface area contributed by atoms with Gasteiger partial charge in [0.05, 0.1) is 18.9 Å². The van der Waals surface area contributed by atoms with E-state index in [1.165, 1.54) is 24.3 Å². The Morgan fingerprint density at radius 3 is 2.09 bits per heavy atom. The maximum Gasteiger partial charge on any atom is 0.366 e. The highest BCUT2D eigenvalue weighted by atomic mass is 32.2. The van der Waals surface area contributed by atoms with Gasteiger partial charge in [-0.05, 0) is 38.1 Å². The second kappa shape index (κ2) is 9.78. The van der Waals surface area contributed by atoms with Gasteiger partial charge in [-0.15, -0.1) is 0 Å². The molecule has 0 fully saturated rings. The number of hydrazone groups is 1. The summed E-state index contributed by atoms with van der Waals surface area (Å²) in [6, 6.07) is 5.90. The highest BCUT2D eigenvalue weighted by molar-refractivity contribution is 7.99. The van der Waals surface area contributed by atoms with Crippen molar-refractivity contribution in [3.63, 3.8) is 0 Å². The molecule has 1 N–H and O–H groups in total. The number of carbonyl (C=O) groups is 2. The van der Waals surface area contributed by atoms with E-state index in [2.05, 4.69) is 10.5 Å². The zero-order valence-electron chi connectivity index (χ0n) is 12.5. The van der Waals surface area contributed by atoms with Crippen molar-refractivity contribution in [2.45, 2.75) is 24.5 Å². The number of rotatable bonds is 8. The van der Waals surface area contributed by atoms with Crippen molar-refractivity contribution >= 4 is 35.1 Å². The smallest absolute Gasteiger partial charge is 0.366 e. The first-order valence-electron chi connectivity index (χ1n) is 6.70. The zero-order valence-corrected chi connectivity index (χ0v) is 13.4. The fourth-order valence-electron chi connectivity index (χ4n) is 1.40. The van der Waals surface area contributed by atoms with Crippen LogP contribution in [0, 0.1) is 0 Å². The zero-order chi connectivity index (χ0) is 17.2. The molecule has 1 rings (SSSR count). The lowest BCUT2D eigenvalue weighted by atomic mass is 10.3. The van der Waals surface area contributed by atoms with Crippen LogP contribution in [0.15, 0.2) is 34.3 Å². The SMILES string of the molecule is CCOC(=O)C(=NNc1ccc(SC(F)F)cc1)C(=O)OCC. The summed E-state index contributed by atoms with van der Waals surface area (Å²) < 4.78 is 33.9. The molecule has 1 aromatic rings. The van der Waals surface area contributed by atoms with Crippen LogP contribution in [0.1, 0.15) is 13.8 Å². The molecule has 6 nitrogen and oxygen atoms in total. The van der Waals surface area contributed by atoms with Crippen molar-refractivity contribution in [1.82, 2.24) is 0 Å². The van der Waals surface area contributed by atoms with E-state index in [-0.39, 0.29) is 13.2 Å². The van der Waals surface area contributed by atoms with Crippen LogP contribution in [0.4, 0.5) is 14.5 Å². The van der Waals surface area contributed by atoms with Crippen molar-refractivity contribution < 1.29 is 27.8 Å². The molecular formula is C14H16F2N2O4S. The Balaban J connectivity index is 2.82. The minimum Gasteiger partial charge on any atom is -0.461 e. The summed E-state index contributed by atoms with van der Waals surface area (Å²) in [5, 5.41) is 3.68. The third-order valence-electron chi connectivity index (χ3n) is 2.31. The first-order valence-corrected chi connectivity index (χ1v) is 7.58. The van der Waals surface area contributed by atoms with Crippen LogP contribution in [0.3, 0.4) is 0 Å². The van der Waals surface area contributed by atoms with E-state index in [0.717, 1.165) is 0 Å². The molecule has 0 saturated carbocycles. The molecule has 1 aromatic carbocycles. The van der Waals surface area contributed by atoms with Crippen molar-refractivity contribution in [1.29, 1.82) is 0 Å². The van der Waals surface area contributed by atoms with E-state index in [0.29, 0.717) is 22.3 Å². The molecule has 0 heterocycles. The van der Waals surface area contributed by atoms with Crippen LogP contribution in [0.5, 0.6) is 0 Å². The fourth-order valence-corrected chi connectivity index (χ4v) is 1.90. The van der Waals surface area contributed by atoms with E-state index in [4.69, 9.17) is 9.47 Å². The number of hydrogen-bond donors (Lipinski definition) is 1. The molecular weight excluding hydrogens is 330 g/mol. The highest BCUT2D eigenvalue weighted by Gasteiger charge is 2.23. The lowest BCUT2D eigenvalue weighted by Gasteiger charge is -2.07. The number of nitrogens with zero attached hydrogens (tertiary/aromatic N) is 1. The van der Waals surface area contributed by atoms with Crippen molar-refractivity contribution in [2.75, 3.05) is 18.6 Å². The van der Waals surface area contributed by atoms with Crippen molar-refractivity contribution in [2.24, 2.45) is 5.10 Å². The molecule has 0 atom stereocenters. The monoisotopic (exact) mass is 346 g/mol. The van der Waals surface area contributed by atoms with Crippen LogP contribution in [-0.2, 0) is 19.1 Å². The number of alkyl halides is 2. The summed E-state index contributed by atoms with van der Waals surface area (Å²) in [6.07, 6.45) is 0. The number of anilines is 1. The number of nitrogens with one attached hydrogen (secondary N) is 1. The average molecular weight is 346 g/mol. The molecule has 126 valence electrons. The van der Waals surface area contributed by atoms with Crippen LogP contribution in [0.25, 0.3) is 0 Å². The number of thioether (sulfide) groups is 1. The Morgan fingerprint density at radius 1 is 1.13 bits per heavy atom. The molecule has 0 unspecified atom stereocenters. The summed E-state index contributed by atoms with van der Waals surface area (Å²) in [4.78, 5) is 23.7. The molecule has 23 heavy (non-hydrogen) atoms. The van der Waals surface area contributed by atoms with E-state index in [1.807, 2.05) is 0 Å². The van der Waals surface area contributed by atoms with Gasteiger partial charge in [-0.3, -0.25) is 5.43 Å². The van der Waals surface area contributed by atoms with E-state index < -0.39 is 23.4 Å². The number of carbonyl (C=O) groups excluding carboxylic acids is 2. The third kappa shape index (κ3) is 6.64. The third-order valence-corrected chi connectivity index (χ3v) is 3.04. The first kappa shape index (κ1) is 18.9. The molecule has 0 amide bonds. The second-order valence-electron chi connectivity index (χ2n) is 3.92. The molecule has 0 radical (unpaired) electrons. The number of ether oxygens (including phenoxy) is 2. The minimum atomic E-state index is -2.51. The molecule has 0 bridgehead atoms. The summed E-state index contributed by atoms with van der Waals surface area (Å²) >= 11 is 0.409. The predicted molar refractivity (Wildman–Crippen MR) is 82.6 cm³/mol. The van der Waals surface area contributed by atoms with E-state index in [9.17, 15) is 18.4 Å². The Hall–Kier alpha value is -2.16. The quantitative estimate of drug-likeness (QED) is 0.256. The number of hydrogen-bond acceptors (Lipinski definition) is 7. The maximum atomic E-state index is 12.2. The first-order chi connectivity index (χ1) is 11.0. The topological polar surface area (TPSA) is 77.0 Å². The minimum absolute atomic E-state index is 0.0802. The van der Waals surface area contributed by atoms with Crippen LogP contribution in [0.2, 0.25) is 0 Å². The summed E-state index contributed by atoms with van der Waals surface area (Å²) in [6.45, 7) is 3.34. The van der Waals surface area contributed by atoms with Gasteiger partial charge in [0.2, 0.25) is 0 Å². The number of esters is 2. The summed E-state index contributed by atoms with van der Waals surface area (Å²) in [7, 11) is 0. The van der Waals surface area contributed by atoms with E-state index in [1.54, 1.807) is 13.8 Å². The van der Waals surface area contributed by atoms with Crippen molar-refractivity contribution in [3.8, 4) is 0 Å². The van der Waals surface area contributed by atoms with Crippen LogP contribution in [-0.4, -0.2) is 36.6 Å². The van der Waals surface area contributed by atoms with Crippen LogP contribution < -0.4 is 5.43 Å². The molecule has 0 aliphatic carbocycles. The molecule has 0 aliphatic heterocycles.